The molecule has 3 rings (SSSR count). The van der Waals surface area contributed by atoms with Crippen LogP contribution in [-0.4, -0.2) is 44.6 Å². The molecule has 0 aromatic heterocycles. The molecule has 1 aliphatic heterocycles. The fourth-order valence-corrected chi connectivity index (χ4v) is 3.85. The molecule has 0 bridgehead atoms. The summed E-state index contributed by atoms with van der Waals surface area (Å²) in [6.45, 7) is 1.07. The van der Waals surface area contributed by atoms with Crippen molar-refractivity contribution in [1.82, 2.24) is 9.62 Å². The van der Waals surface area contributed by atoms with Crippen LogP contribution in [0, 0.1) is 5.82 Å². The van der Waals surface area contributed by atoms with Gasteiger partial charge in [0.25, 0.3) is 5.91 Å². The highest BCUT2D eigenvalue weighted by Crippen LogP contribution is 2.22. The average molecular weight is 421 g/mol. The minimum Gasteiger partial charge on any atom is -0.489 e. The summed E-state index contributed by atoms with van der Waals surface area (Å²) >= 11 is 0. The molecular formula is C21H25FN2O4S. The minimum absolute atomic E-state index is 0.141. The number of hydrogen-bond acceptors (Lipinski definition) is 4. The van der Waals surface area contributed by atoms with E-state index in [1.807, 2.05) is 0 Å². The predicted molar refractivity (Wildman–Crippen MR) is 109 cm³/mol. The molecule has 6 nitrogen and oxygen atoms in total. The maximum absolute atomic E-state index is 13.1. The van der Waals surface area contributed by atoms with E-state index >= 15 is 0 Å². The van der Waals surface area contributed by atoms with Crippen molar-refractivity contribution in [3.63, 3.8) is 0 Å². The molecule has 1 aliphatic rings. The zero-order valence-electron chi connectivity index (χ0n) is 16.3. The van der Waals surface area contributed by atoms with E-state index in [9.17, 15) is 17.6 Å². The van der Waals surface area contributed by atoms with Crippen LogP contribution in [0.15, 0.2) is 48.5 Å². The van der Waals surface area contributed by atoms with Gasteiger partial charge in [0.15, 0.2) is 0 Å². The van der Waals surface area contributed by atoms with Crippen LogP contribution in [0.4, 0.5) is 4.39 Å². The fraction of sp³-hybridized carbons (Fsp3) is 0.381. The van der Waals surface area contributed by atoms with Crippen LogP contribution in [0.1, 0.15) is 35.2 Å². The highest BCUT2D eigenvalue weighted by Gasteiger charge is 2.28. The topological polar surface area (TPSA) is 75.7 Å². The van der Waals surface area contributed by atoms with Gasteiger partial charge < -0.3 is 9.64 Å². The molecule has 1 atom stereocenters. The lowest BCUT2D eigenvalue weighted by Gasteiger charge is -2.36. The third kappa shape index (κ3) is 6.27. The average Bonchev–Trinajstić information content (AvgIpc) is 2.71. The first-order chi connectivity index (χ1) is 13.8. The van der Waals surface area contributed by atoms with E-state index in [0.29, 0.717) is 17.9 Å². The molecule has 8 heteroatoms. The van der Waals surface area contributed by atoms with Gasteiger partial charge in [-0.1, -0.05) is 18.2 Å². The Morgan fingerprint density at radius 1 is 1.21 bits per heavy atom. The first-order valence-corrected chi connectivity index (χ1v) is 11.4. The Balaban J connectivity index is 1.67. The van der Waals surface area contributed by atoms with E-state index in [1.165, 1.54) is 12.1 Å². The van der Waals surface area contributed by atoms with Crippen LogP contribution in [0.2, 0.25) is 0 Å². The number of hydrogen-bond donors (Lipinski definition) is 1. The minimum atomic E-state index is -3.31. The highest BCUT2D eigenvalue weighted by atomic mass is 32.2. The summed E-state index contributed by atoms with van der Waals surface area (Å²) in [5, 5.41) is 0. The zero-order valence-corrected chi connectivity index (χ0v) is 17.1. The van der Waals surface area contributed by atoms with E-state index in [-0.39, 0.29) is 30.9 Å². The third-order valence-corrected chi connectivity index (χ3v) is 5.56. The number of likely N-dealkylation sites (tertiary alicyclic amines) is 1. The quantitative estimate of drug-likeness (QED) is 0.747. The van der Waals surface area contributed by atoms with Crippen molar-refractivity contribution in [2.75, 3.05) is 19.3 Å². The lowest BCUT2D eigenvalue weighted by Crippen LogP contribution is -2.49. The van der Waals surface area contributed by atoms with Crippen molar-refractivity contribution in [3.8, 4) is 5.75 Å². The van der Waals surface area contributed by atoms with Crippen LogP contribution in [-0.2, 0) is 16.6 Å². The van der Waals surface area contributed by atoms with Gasteiger partial charge >= 0.3 is 0 Å². The Morgan fingerprint density at radius 2 is 1.97 bits per heavy atom. The molecule has 0 saturated carbocycles. The molecule has 1 N–H and O–H groups in total. The number of nitrogens with zero attached hydrogens (tertiary/aromatic N) is 1. The van der Waals surface area contributed by atoms with Crippen molar-refractivity contribution in [3.05, 3.63) is 65.5 Å². The van der Waals surface area contributed by atoms with Gasteiger partial charge in [-0.2, -0.15) is 0 Å². The number of sulfonamides is 1. The molecule has 156 valence electrons. The molecule has 1 fully saturated rings. The van der Waals surface area contributed by atoms with Gasteiger partial charge in [-0.3, -0.25) is 4.79 Å². The van der Waals surface area contributed by atoms with E-state index in [2.05, 4.69) is 4.72 Å². The largest absolute Gasteiger partial charge is 0.489 e. The Morgan fingerprint density at radius 3 is 2.69 bits per heavy atom. The summed E-state index contributed by atoms with van der Waals surface area (Å²) in [5.74, 6) is 0.100. The standard InChI is InChI=1S/C21H25FN2O4S/c1-29(26,27)23-14-19-6-2-3-12-24(19)21(25)17-5-4-7-20(13-17)28-15-16-8-10-18(22)11-9-16/h4-5,7-11,13,19,23H,2-3,6,12,14-15H2,1H3. The second-order valence-electron chi connectivity index (χ2n) is 7.21. The van der Waals surface area contributed by atoms with Crippen LogP contribution in [0.5, 0.6) is 5.75 Å². The zero-order chi connectivity index (χ0) is 20.9. The summed E-state index contributed by atoms with van der Waals surface area (Å²) in [6.07, 6.45) is 3.72. The summed E-state index contributed by atoms with van der Waals surface area (Å²) < 4.78 is 44.1. The summed E-state index contributed by atoms with van der Waals surface area (Å²) in [5.41, 5.74) is 1.32. The lowest BCUT2D eigenvalue weighted by molar-refractivity contribution is 0.0618. The van der Waals surface area contributed by atoms with Crippen molar-refractivity contribution in [2.45, 2.75) is 31.9 Å². The van der Waals surface area contributed by atoms with Crippen molar-refractivity contribution >= 4 is 15.9 Å². The third-order valence-electron chi connectivity index (χ3n) is 4.87. The van der Waals surface area contributed by atoms with Crippen molar-refractivity contribution < 1.29 is 22.3 Å². The molecule has 29 heavy (non-hydrogen) atoms. The van der Waals surface area contributed by atoms with E-state index < -0.39 is 10.0 Å². The monoisotopic (exact) mass is 420 g/mol. The second kappa shape index (κ2) is 9.37. The molecule has 2 aromatic rings. The molecule has 1 saturated heterocycles. The first-order valence-electron chi connectivity index (χ1n) is 9.55. The SMILES string of the molecule is CS(=O)(=O)NCC1CCCCN1C(=O)c1cccc(OCc2ccc(F)cc2)c1. The molecule has 0 radical (unpaired) electrons. The predicted octanol–water partition coefficient (Wildman–Crippen LogP) is 2.95. The number of rotatable bonds is 7. The number of nitrogens with one attached hydrogen (secondary N) is 1. The number of ether oxygens (including phenoxy) is 1. The fourth-order valence-electron chi connectivity index (χ4n) is 3.36. The number of amides is 1. The Hall–Kier alpha value is -2.45. The number of carbonyl (C=O) groups is 1. The Bertz CT molecular complexity index is 947. The van der Waals surface area contributed by atoms with E-state index in [0.717, 1.165) is 31.1 Å². The molecule has 0 aliphatic carbocycles. The molecule has 1 unspecified atom stereocenters. The molecule has 0 spiro atoms. The number of carbonyl (C=O) groups excluding carboxylic acids is 1. The first kappa shape index (κ1) is 21.3. The van der Waals surface area contributed by atoms with Gasteiger partial charge in [0.2, 0.25) is 10.0 Å². The Kier molecular flexibility index (Phi) is 6.87. The highest BCUT2D eigenvalue weighted by molar-refractivity contribution is 7.88. The molecular weight excluding hydrogens is 395 g/mol. The second-order valence-corrected chi connectivity index (χ2v) is 9.04. The Labute approximate surface area is 170 Å². The van der Waals surface area contributed by atoms with Gasteiger partial charge in [-0.25, -0.2) is 17.5 Å². The van der Waals surface area contributed by atoms with Gasteiger partial charge in [0.1, 0.15) is 18.2 Å². The maximum Gasteiger partial charge on any atom is 0.254 e. The number of benzene rings is 2. The number of piperidine rings is 1. The van der Waals surface area contributed by atoms with Gasteiger partial charge in [-0.05, 0) is 55.2 Å². The molecule has 1 heterocycles. The van der Waals surface area contributed by atoms with Crippen molar-refractivity contribution in [2.24, 2.45) is 0 Å². The smallest absolute Gasteiger partial charge is 0.254 e. The summed E-state index contributed by atoms with van der Waals surface area (Å²) in [4.78, 5) is 14.8. The summed E-state index contributed by atoms with van der Waals surface area (Å²) in [7, 11) is -3.31. The normalized spacial score (nSPS) is 17.2. The molecule has 1 amide bonds. The van der Waals surface area contributed by atoms with Crippen LogP contribution >= 0.6 is 0 Å². The van der Waals surface area contributed by atoms with Gasteiger partial charge in [-0.15, -0.1) is 0 Å². The summed E-state index contributed by atoms with van der Waals surface area (Å²) in [6, 6.07) is 12.8. The number of halogens is 1. The van der Waals surface area contributed by atoms with E-state index in [4.69, 9.17) is 4.74 Å². The van der Waals surface area contributed by atoms with Crippen LogP contribution < -0.4 is 9.46 Å². The lowest BCUT2D eigenvalue weighted by atomic mass is 10.0. The van der Waals surface area contributed by atoms with Crippen LogP contribution in [0.25, 0.3) is 0 Å². The maximum atomic E-state index is 13.1. The van der Waals surface area contributed by atoms with Gasteiger partial charge in [0, 0.05) is 24.7 Å². The van der Waals surface area contributed by atoms with Gasteiger partial charge in [0.05, 0.1) is 6.26 Å². The molecule has 2 aromatic carbocycles. The van der Waals surface area contributed by atoms with E-state index in [1.54, 1.807) is 41.3 Å². The van der Waals surface area contributed by atoms with Crippen molar-refractivity contribution in [1.29, 1.82) is 0 Å². The van der Waals surface area contributed by atoms with Crippen LogP contribution in [0.3, 0.4) is 0 Å².